The van der Waals surface area contributed by atoms with Crippen molar-refractivity contribution < 1.29 is 13.9 Å². The zero-order valence-electron chi connectivity index (χ0n) is 15.6. The molecular formula is C22H33FO2. The molecule has 0 atom stereocenters. The number of rotatable bonds is 7. The van der Waals surface area contributed by atoms with Crippen LogP contribution in [0.5, 0.6) is 0 Å². The van der Waals surface area contributed by atoms with Crippen molar-refractivity contribution in [3.63, 3.8) is 0 Å². The van der Waals surface area contributed by atoms with Gasteiger partial charge in [0.1, 0.15) is 5.82 Å². The van der Waals surface area contributed by atoms with Crippen LogP contribution in [0.1, 0.15) is 76.6 Å². The first-order valence-corrected chi connectivity index (χ1v) is 10.2. The average molecular weight is 349 g/mol. The molecule has 0 radical (unpaired) electrons. The Kier molecular flexibility index (Phi) is 7.30. The van der Waals surface area contributed by atoms with Crippen LogP contribution in [0.25, 0.3) is 0 Å². The first-order chi connectivity index (χ1) is 12.3. The number of hydrogen-bond donors (Lipinski definition) is 0. The molecule has 2 nitrogen and oxygen atoms in total. The maximum Gasteiger partial charge on any atom is 0.183 e. The molecule has 1 aliphatic heterocycles. The molecule has 0 bridgehead atoms. The molecule has 2 aliphatic rings. The van der Waals surface area contributed by atoms with Crippen molar-refractivity contribution in [2.75, 3.05) is 13.2 Å². The van der Waals surface area contributed by atoms with Gasteiger partial charge in [0.05, 0.1) is 13.2 Å². The third-order valence-electron chi connectivity index (χ3n) is 6.09. The highest BCUT2D eigenvalue weighted by Crippen LogP contribution is 2.38. The molecule has 1 saturated heterocycles. The second kappa shape index (κ2) is 9.68. The Morgan fingerprint density at radius 1 is 0.880 bits per heavy atom. The van der Waals surface area contributed by atoms with Crippen molar-refractivity contribution in [3.05, 3.63) is 35.6 Å². The van der Waals surface area contributed by atoms with Gasteiger partial charge in [-0.05, 0) is 36.8 Å². The predicted octanol–water partition coefficient (Wildman–Crippen LogP) is 6.26. The zero-order valence-corrected chi connectivity index (χ0v) is 15.6. The van der Waals surface area contributed by atoms with Gasteiger partial charge in [-0.1, -0.05) is 64.0 Å². The first kappa shape index (κ1) is 18.8. The summed E-state index contributed by atoms with van der Waals surface area (Å²) in [7, 11) is 0. The molecule has 2 fully saturated rings. The van der Waals surface area contributed by atoms with Crippen LogP contribution in [-0.4, -0.2) is 13.2 Å². The summed E-state index contributed by atoms with van der Waals surface area (Å²) in [5.41, 5.74) is 0.913. The lowest BCUT2D eigenvalue weighted by molar-refractivity contribution is -0.214. The molecule has 1 aromatic carbocycles. The van der Waals surface area contributed by atoms with E-state index in [0.29, 0.717) is 5.92 Å². The van der Waals surface area contributed by atoms with Gasteiger partial charge in [-0.25, -0.2) is 4.39 Å². The Balaban J connectivity index is 1.37. The van der Waals surface area contributed by atoms with Gasteiger partial charge in [-0.2, -0.15) is 0 Å². The van der Waals surface area contributed by atoms with E-state index in [2.05, 4.69) is 6.92 Å². The van der Waals surface area contributed by atoms with E-state index in [1.54, 1.807) is 12.1 Å². The van der Waals surface area contributed by atoms with Crippen molar-refractivity contribution in [1.29, 1.82) is 0 Å². The quantitative estimate of drug-likeness (QED) is 0.541. The SMILES string of the molecule is CCCCCC[C@H]1CC[C@H]([C@H]2CO[C@H](c3ccc(F)cc3)OC2)CC1. The van der Waals surface area contributed by atoms with E-state index in [0.717, 1.165) is 30.6 Å². The Hall–Kier alpha value is -0.930. The summed E-state index contributed by atoms with van der Waals surface area (Å²) < 4.78 is 24.9. The Labute approximate surface area is 152 Å². The molecule has 0 amide bonds. The monoisotopic (exact) mass is 348 g/mol. The molecule has 1 aromatic rings. The minimum absolute atomic E-state index is 0.219. The van der Waals surface area contributed by atoms with Gasteiger partial charge in [0.15, 0.2) is 6.29 Å². The lowest BCUT2D eigenvalue weighted by Crippen LogP contribution is -2.34. The molecule has 0 aromatic heterocycles. The number of unbranched alkanes of at least 4 members (excludes halogenated alkanes) is 3. The number of hydrogen-bond acceptors (Lipinski definition) is 2. The van der Waals surface area contributed by atoms with Crippen LogP contribution in [0.15, 0.2) is 24.3 Å². The zero-order chi connectivity index (χ0) is 17.5. The second-order valence-electron chi connectivity index (χ2n) is 7.94. The molecule has 1 heterocycles. The van der Waals surface area contributed by atoms with Crippen LogP contribution in [0.3, 0.4) is 0 Å². The third kappa shape index (κ3) is 5.52. The van der Waals surface area contributed by atoms with E-state index in [4.69, 9.17) is 9.47 Å². The summed E-state index contributed by atoms with van der Waals surface area (Å²) in [6.45, 7) is 3.82. The molecular weight excluding hydrogens is 315 g/mol. The third-order valence-corrected chi connectivity index (χ3v) is 6.09. The first-order valence-electron chi connectivity index (χ1n) is 10.2. The minimum Gasteiger partial charge on any atom is -0.348 e. The number of halogens is 1. The smallest absolute Gasteiger partial charge is 0.183 e. The standard InChI is InChI=1S/C22H33FO2/c1-2-3-4-5-6-17-7-9-18(10-8-17)20-15-24-22(25-16-20)19-11-13-21(23)14-12-19/h11-14,17-18,20,22H,2-10,15-16H2,1H3/t17-,18-,20-,22-. The average Bonchev–Trinajstić information content (AvgIpc) is 2.67. The molecule has 25 heavy (non-hydrogen) atoms. The maximum atomic E-state index is 13.0. The van der Waals surface area contributed by atoms with Crippen LogP contribution < -0.4 is 0 Å². The Bertz CT molecular complexity index is 485. The number of benzene rings is 1. The van der Waals surface area contributed by atoms with Crippen molar-refractivity contribution in [3.8, 4) is 0 Å². The molecule has 3 heteroatoms. The van der Waals surface area contributed by atoms with Gasteiger partial charge in [-0.15, -0.1) is 0 Å². The van der Waals surface area contributed by atoms with Gasteiger partial charge in [0.2, 0.25) is 0 Å². The van der Waals surface area contributed by atoms with Crippen molar-refractivity contribution in [1.82, 2.24) is 0 Å². The van der Waals surface area contributed by atoms with Gasteiger partial charge in [0.25, 0.3) is 0 Å². The molecule has 1 saturated carbocycles. The van der Waals surface area contributed by atoms with Crippen molar-refractivity contribution in [2.45, 2.75) is 71.0 Å². The normalized spacial score (nSPS) is 30.3. The summed E-state index contributed by atoms with van der Waals surface area (Å²) in [6.07, 6.45) is 12.1. The van der Waals surface area contributed by atoms with Crippen LogP contribution in [0.4, 0.5) is 4.39 Å². The largest absolute Gasteiger partial charge is 0.348 e. The predicted molar refractivity (Wildman–Crippen MR) is 98.7 cm³/mol. The molecule has 1 aliphatic carbocycles. The molecule has 0 unspecified atom stereocenters. The Morgan fingerprint density at radius 3 is 2.20 bits per heavy atom. The Morgan fingerprint density at radius 2 is 1.56 bits per heavy atom. The summed E-state index contributed by atoms with van der Waals surface area (Å²) in [6, 6.07) is 6.44. The highest BCUT2D eigenvalue weighted by Gasteiger charge is 2.32. The summed E-state index contributed by atoms with van der Waals surface area (Å²) >= 11 is 0. The van der Waals surface area contributed by atoms with Crippen LogP contribution in [0, 0.1) is 23.6 Å². The lowest BCUT2D eigenvalue weighted by atomic mass is 9.74. The van der Waals surface area contributed by atoms with Gasteiger partial charge in [0, 0.05) is 11.5 Å². The summed E-state index contributed by atoms with van der Waals surface area (Å²) in [5.74, 6) is 2.01. The van der Waals surface area contributed by atoms with E-state index >= 15 is 0 Å². The fraction of sp³-hybridized carbons (Fsp3) is 0.727. The minimum atomic E-state index is -0.327. The van der Waals surface area contributed by atoms with Crippen molar-refractivity contribution in [2.24, 2.45) is 17.8 Å². The van der Waals surface area contributed by atoms with Gasteiger partial charge in [-0.3, -0.25) is 0 Å². The number of ether oxygens (including phenoxy) is 2. The lowest BCUT2D eigenvalue weighted by Gasteiger charge is -2.38. The maximum absolute atomic E-state index is 13.0. The molecule has 3 rings (SSSR count). The van der Waals surface area contributed by atoms with E-state index < -0.39 is 0 Å². The highest BCUT2D eigenvalue weighted by atomic mass is 19.1. The topological polar surface area (TPSA) is 18.5 Å². The second-order valence-corrected chi connectivity index (χ2v) is 7.94. The van der Waals surface area contributed by atoms with E-state index in [9.17, 15) is 4.39 Å². The van der Waals surface area contributed by atoms with E-state index in [-0.39, 0.29) is 12.1 Å². The van der Waals surface area contributed by atoms with Crippen LogP contribution in [-0.2, 0) is 9.47 Å². The summed E-state index contributed by atoms with van der Waals surface area (Å²) in [4.78, 5) is 0. The van der Waals surface area contributed by atoms with Gasteiger partial charge < -0.3 is 9.47 Å². The van der Waals surface area contributed by atoms with E-state index in [1.807, 2.05) is 0 Å². The highest BCUT2D eigenvalue weighted by molar-refractivity contribution is 5.17. The van der Waals surface area contributed by atoms with E-state index in [1.165, 1.54) is 69.9 Å². The van der Waals surface area contributed by atoms with Crippen LogP contribution >= 0.6 is 0 Å². The van der Waals surface area contributed by atoms with Crippen molar-refractivity contribution >= 4 is 0 Å². The van der Waals surface area contributed by atoms with Crippen LogP contribution in [0.2, 0.25) is 0 Å². The molecule has 0 N–H and O–H groups in total. The fourth-order valence-electron chi connectivity index (χ4n) is 4.41. The fourth-order valence-corrected chi connectivity index (χ4v) is 4.41. The summed E-state index contributed by atoms with van der Waals surface area (Å²) in [5, 5.41) is 0. The molecule has 140 valence electrons. The van der Waals surface area contributed by atoms with Gasteiger partial charge >= 0.3 is 0 Å². The molecule has 0 spiro atoms.